The van der Waals surface area contributed by atoms with E-state index >= 15 is 0 Å². The maximum atomic E-state index is 13.1. The van der Waals surface area contributed by atoms with Gasteiger partial charge in [0, 0.05) is 66.5 Å². The van der Waals surface area contributed by atoms with Crippen LogP contribution in [-0.2, 0) is 36.6 Å². The van der Waals surface area contributed by atoms with E-state index in [-0.39, 0.29) is 22.8 Å². The zero-order valence-corrected chi connectivity index (χ0v) is 35.0. The minimum absolute atomic E-state index is 0.0180. The number of nitrogens with zero attached hydrogens (tertiary/aromatic N) is 3. The van der Waals surface area contributed by atoms with Crippen LogP contribution in [0.3, 0.4) is 0 Å². The first-order chi connectivity index (χ1) is 27.9. The molecular formula is C47H57ClN4O6. The fraction of sp³-hybridized carbons (Fsp3) is 0.511. The van der Waals surface area contributed by atoms with Crippen molar-refractivity contribution in [1.29, 1.82) is 0 Å². The van der Waals surface area contributed by atoms with Crippen molar-refractivity contribution < 1.29 is 24.1 Å². The quantitative estimate of drug-likeness (QED) is 0.146. The number of halogens is 1. The molecule has 2 N–H and O–H groups in total. The molecule has 0 amide bonds. The smallest absolute Gasteiger partial charge is 0.329 e. The molecule has 8 rings (SSSR count). The highest BCUT2D eigenvalue weighted by Gasteiger charge is 2.54. The Balaban J connectivity index is 1.02. The molecule has 2 unspecified atom stereocenters. The Morgan fingerprint density at radius 2 is 1.88 bits per heavy atom. The number of benzene rings is 2. The number of aromatic nitrogens is 2. The molecule has 2 aromatic heterocycles. The highest BCUT2D eigenvalue weighted by molar-refractivity contribution is 6.30. The summed E-state index contributed by atoms with van der Waals surface area (Å²) in [6.07, 6.45) is 11.4. The van der Waals surface area contributed by atoms with Gasteiger partial charge in [-0.2, -0.15) is 0 Å². The van der Waals surface area contributed by atoms with E-state index in [1.807, 2.05) is 36.7 Å². The average Bonchev–Trinajstić information content (AvgIpc) is 3.32. The van der Waals surface area contributed by atoms with Gasteiger partial charge in [-0.05, 0) is 141 Å². The zero-order chi connectivity index (χ0) is 40.6. The second-order valence-electron chi connectivity index (χ2n) is 17.8. The lowest BCUT2D eigenvalue weighted by atomic mass is 9.59. The molecule has 3 heterocycles. The van der Waals surface area contributed by atoms with E-state index in [9.17, 15) is 14.7 Å². The molecule has 10 nitrogen and oxygen atoms in total. The minimum atomic E-state index is -1.10. The predicted molar refractivity (Wildman–Crippen MR) is 227 cm³/mol. The predicted octanol–water partition coefficient (Wildman–Crippen LogP) is 8.42. The second-order valence-corrected chi connectivity index (χ2v) is 18.3. The third-order valence-electron chi connectivity index (χ3n) is 13.5. The third-order valence-corrected chi connectivity index (χ3v) is 13.7. The van der Waals surface area contributed by atoms with Gasteiger partial charge in [-0.3, -0.25) is 9.78 Å². The number of hydrogen-bond donors (Lipinski definition) is 2. The summed E-state index contributed by atoms with van der Waals surface area (Å²) >= 11 is 6.33. The van der Waals surface area contributed by atoms with E-state index in [1.165, 1.54) is 28.8 Å². The number of rotatable bonds is 12. The Labute approximate surface area is 346 Å². The van der Waals surface area contributed by atoms with Crippen LogP contribution in [0.4, 0.5) is 5.69 Å². The van der Waals surface area contributed by atoms with E-state index in [0.717, 1.165) is 73.6 Å². The van der Waals surface area contributed by atoms with Crippen molar-refractivity contribution in [2.75, 3.05) is 38.7 Å². The summed E-state index contributed by atoms with van der Waals surface area (Å²) in [5.74, 6) is 2.85. The first kappa shape index (κ1) is 40.2. The van der Waals surface area contributed by atoms with Gasteiger partial charge in [0.15, 0.2) is 11.5 Å². The van der Waals surface area contributed by atoms with Gasteiger partial charge in [0.25, 0.3) is 0 Å². The molecule has 58 heavy (non-hydrogen) atoms. The molecule has 4 aromatic rings. The van der Waals surface area contributed by atoms with Crippen molar-refractivity contribution in [2.45, 2.75) is 95.1 Å². The van der Waals surface area contributed by atoms with Gasteiger partial charge in [0.2, 0.25) is 5.56 Å². The highest BCUT2D eigenvalue weighted by atomic mass is 35.5. The van der Waals surface area contributed by atoms with Gasteiger partial charge in [0.05, 0.1) is 19.8 Å². The monoisotopic (exact) mass is 808 g/mol. The van der Waals surface area contributed by atoms with Gasteiger partial charge in [-0.1, -0.05) is 37.6 Å². The van der Waals surface area contributed by atoms with Crippen LogP contribution in [0.25, 0.3) is 0 Å². The van der Waals surface area contributed by atoms with E-state index in [4.69, 9.17) is 25.8 Å². The molecule has 0 radical (unpaired) electrons. The number of anilines is 1. The summed E-state index contributed by atoms with van der Waals surface area (Å²) < 4.78 is 21.4. The summed E-state index contributed by atoms with van der Waals surface area (Å²) in [6, 6.07) is 17.3. The Hall–Kier alpha value is -4.54. The van der Waals surface area contributed by atoms with Crippen molar-refractivity contribution >= 4 is 23.3 Å². The van der Waals surface area contributed by atoms with Crippen LogP contribution >= 0.6 is 11.6 Å². The fourth-order valence-electron chi connectivity index (χ4n) is 10.5. The summed E-state index contributed by atoms with van der Waals surface area (Å²) in [7, 11) is 3.86. The van der Waals surface area contributed by atoms with Crippen LogP contribution in [0.2, 0.25) is 5.02 Å². The molecule has 4 aliphatic rings. The van der Waals surface area contributed by atoms with Crippen LogP contribution in [-0.4, -0.2) is 64.5 Å². The number of carbonyl (C=O) groups is 1. The topological polar surface area (TPSA) is 115 Å². The van der Waals surface area contributed by atoms with Gasteiger partial charge in [-0.15, -0.1) is 0 Å². The lowest BCUT2D eigenvalue weighted by Crippen LogP contribution is -2.53. The van der Waals surface area contributed by atoms with E-state index < -0.39 is 11.5 Å². The molecule has 1 aliphatic heterocycles. The third kappa shape index (κ3) is 8.19. The average molecular weight is 809 g/mol. The zero-order valence-electron chi connectivity index (χ0n) is 34.3. The number of aliphatic carboxylic acids is 1. The van der Waals surface area contributed by atoms with E-state index in [0.29, 0.717) is 56.1 Å². The number of fused-ring (bicyclic) bond motifs is 4. The normalized spacial score (nSPS) is 25.4. The number of nitrogens with one attached hydrogen (secondary N) is 1. The Morgan fingerprint density at radius 3 is 2.62 bits per heavy atom. The van der Waals surface area contributed by atoms with Crippen molar-refractivity contribution in [3.63, 3.8) is 0 Å². The number of ether oxygens (including phenoxy) is 3. The van der Waals surface area contributed by atoms with Gasteiger partial charge in [0.1, 0.15) is 11.3 Å². The SMILES string of the molecule is C[C@@H](COc1ccnc2c1[C@H](C)CCC2)CC1Cc2cc3c(cc2C12CCC(Nc1cccc(Cl)c1)(C(=O)O)CC2)OCC(CN(C)Cc1ccc(=O)n(C)c1)CO3. The second kappa shape index (κ2) is 16.6. The van der Waals surface area contributed by atoms with Crippen molar-refractivity contribution in [3.05, 3.63) is 110 Å². The van der Waals surface area contributed by atoms with Crippen molar-refractivity contribution in [3.8, 4) is 17.2 Å². The van der Waals surface area contributed by atoms with Crippen LogP contribution in [0.15, 0.2) is 71.8 Å². The van der Waals surface area contributed by atoms with Crippen LogP contribution in [0.5, 0.6) is 17.2 Å². The standard InChI is InChI=1S/C47H57ClN4O6/c1-30(27-56-40-13-18-49-39-10-5-7-31(2)44(39)40)19-35-20-34-21-41-42(58-29-33(28-57-41)25-51(3)24-32-11-12-43(53)52(4)26-32)23-38(34)46(35)14-16-47(17-15-46,45(54)55)50-37-9-6-8-36(48)22-37/h6,8-9,11-13,18,21-23,26,30-31,33,35,50H,5,7,10,14-17,19-20,24-25,27-29H2,1-4H3,(H,54,55)/t30-,31-,33?,35?,46?,47?/m1/s1. The summed E-state index contributed by atoms with van der Waals surface area (Å²) in [5, 5.41) is 14.7. The van der Waals surface area contributed by atoms with Gasteiger partial charge >= 0.3 is 5.97 Å². The molecule has 1 spiro atoms. The van der Waals surface area contributed by atoms with E-state index in [1.54, 1.807) is 29.8 Å². The summed E-state index contributed by atoms with van der Waals surface area (Å²) in [6.45, 7) is 7.74. The lowest BCUT2D eigenvalue weighted by molar-refractivity contribution is -0.144. The molecule has 2 aromatic carbocycles. The Morgan fingerprint density at radius 1 is 1.10 bits per heavy atom. The van der Waals surface area contributed by atoms with Gasteiger partial charge in [-0.25, -0.2) is 4.79 Å². The van der Waals surface area contributed by atoms with Crippen LogP contribution in [0.1, 0.15) is 92.7 Å². The number of aryl methyl sites for hydroxylation is 2. The molecule has 1 fully saturated rings. The largest absolute Gasteiger partial charge is 0.493 e. The Bertz CT molecular complexity index is 2200. The van der Waals surface area contributed by atoms with Crippen LogP contribution in [0, 0.1) is 17.8 Å². The summed E-state index contributed by atoms with van der Waals surface area (Å²) in [5.41, 5.74) is 5.45. The van der Waals surface area contributed by atoms with Gasteiger partial charge < -0.3 is 34.1 Å². The van der Waals surface area contributed by atoms with E-state index in [2.05, 4.69) is 48.2 Å². The molecule has 0 bridgehead atoms. The first-order valence-electron chi connectivity index (χ1n) is 21.1. The molecule has 4 atom stereocenters. The fourth-order valence-corrected chi connectivity index (χ4v) is 10.7. The number of hydrogen-bond acceptors (Lipinski definition) is 8. The maximum absolute atomic E-state index is 13.1. The first-order valence-corrected chi connectivity index (χ1v) is 21.4. The van der Waals surface area contributed by atoms with Crippen molar-refractivity contribution in [1.82, 2.24) is 14.5 Å². The molecule has 308 valence electrons. The van der Waals surface area contributed by atoms with Crippen LogP contribution < -0.4 is 25.1 Å². The summed E-state index contributed by atoms with van der Waals surface area (Å²) in [4.78, 5) is 31.9. The molecule has 11 heteroatoms. The van der Waals surface area contributed by atoms with Crippen molar-refractivity contribution in [2.24, 2.45) is 24.8 Å². The minimum Gasteiger partial charge on any atom is -0.493 e. The Kier molecular flexibility index (Phi) is 11.5. The number of carboxylic acid groups (broad SMARTS) is 1. The molecule has 3 aliphatic carbocycles. The lowest BCUT2D eigenvalue weighted by Gasteiger charge is -2.47. The number of pyridine rings is 2. The molecule has 0 saturated heterocycles. The number of carboxylic acids is 1. The maximum Gasteiger partial charge on any atom is 0.329 e. The highest BCUT2D eigenvalue weighted by Crippen LogP contribution is 2.58. The molecule has 1 saturated carbocycles. The molecular weight excluding hydrogens is 752 g/mol.